The van der Waals surface area contributed by atoms with Crippen LogP contribution in [0.3, 0.4) is 0 Å². The summed E-state index contributed by atoms with van der Waals surface area (Å²) in [6, 6.07) is 10.4. The van der Waals surface area contributed by atoms with E-state index in [9.17, 15) is 9.59 Å². The van der Waals surface area contributed by atoms with Gasteiger partial charge < -0.3 is 4.57 Å². The van der Waals surface area contributed by atoms with E-state index in [2.05, 4.69) is 61.8 Å². The van der Waals surface area contributed by atoms with Crippen LogP contribution < -0.4 is 5.43 Å². The van der Waals surface area contributed by atoms with Crippen LogP contribution in [0.1, 0.15) is 73.6 Å². The van der Waals surface area contributed by atoms with Crippen LogP contribution in [0, 0.1) is 5.92 Å². The third-order valence-corrected chi connectivity index (χ3v) is 6.96. The van der Waals surface area contributed by atoms with Gasteiger partial charge >= 0.3 is 0 Å². The molecule has 2 heterocycles. The Morgan fingerprint density at radius 3 is 2.56 bits per heavy atom. The van der Waals surface area contributed by atoms with Gasteiger partial charge in [0.15, 0.2) is 11.7 Å². The Morgan fingerprint density at radius 2 is 1.88 bits per heavy atom. The van der Waals surface area contributed by atoms with Crippen molar-refractivity contribution in [2.24, 2.45) is 5.92 Å². The number of hydrogen-bond donors (Lipinski definition) is 0. The molecule has 2 aromatic rings. The largest absolute Gasteiger partial charge is 0.319 e. The highest BCUT2D eigenvalue weighted by molar-refractivity contribution is 6.07. The van der Waals surface area contributed by atoms with Crippen molar-refractivity contribution < 1.29 is 4.79 Å². The van der Waals surface area contributed by atoms with Crippen LogP contribution in [0.2, 0.25) is 0 Å². The molecule has 1 aromatic carbocycles. The predicted molar refractivity (Wildman–Crippen MR) is 131 cm³/mol. The highest BCUT2D eigenvalue weighted by Crippen LogP contribution is 2.52. The number of aromatic nitrogens is 1. The normalized spacial score (nSPS) is 17.8. The number of carbonyl (C=O) groups is 1. The summed E-state index contributed by atoms with van der Waals surface area (Å²) in [6.07, 6.45) is 12.3. The topological polar surface area (TPSA) is 39.1 Å². The van der Waals surface area contributed by atoms with Crippen molar-refractivity contribution in [2.75, 3.05) is 0 Å². The molecule has 3 heteroatoms. The molecule has 0 radical (unpaired) electrons. The van der Waals surface area contributed by atoms with E-state index in [1.165, 1.54) is 51.8 Å². The Morgan fingerprint density at radius 1 is 1.09 bits per heavy atom. The van der Waals surface area contributed by atoms with Gasteiger partial charge in [-0.2, -0.15) is 0 Å². The number of hydrogen-bond acceptors (Lipinski definition) is 2. The fourth-order valence-electron chi connectivity index (χ4n) is 5.15. The minimum atomic E-state index is -0.209. The molecule has 0 spiro atoms. The predicted octanol–water partition coefficient (Wildman–Crippen LogP) is 6.46. The fraction of sp³-hybridized carbons (Fsp3) is 0.310. The molecular weight excluding hydrogens is 394 g/mol. The molecule has 32 heavy (non-hydrogen) atoms. The van der Waals surface area contributed by atoms with E-state index in [-0.39, 0.29) is 11.0 Å². The van der Waals surface area contributed by atoms with Gasteiger partial charge in [0, 0.05) is 30.0 Å². The molecule has 3 aliphatic rings. The van der Waals surface area contributed by atoms with E-state index in [0.717, 1.165) is 30.7 Å². The third kappa shape index (κ3) is 3.37. The van der Waals surface area contributed by atoms with Gasteiger partial charge in [-0.05, 0) is 73.3 Å². The van der Waals surface area contributed by atoms with Crippen LogP contribution in [0.4, 0.5) is 0 Å². The molecule has 0 atom stereocenters. The minimum Gasteiger partial charge on any atom is -0.319 e. The Hall–Kier alpha value is -3.20. The molecule has 3 nitrogen and oxygen atoms in total. The molecule has 0 amide bonds. The second-order valence-corrected chi connectivity index (χ2v) is 9.24. The minimum absolute atomic E-state index is 0.209. The van der Waals surface area contributed by atoms with Gasteiger partial charge in [-0.15, -0.1) is 0 Å². The maximum Gasteiger partial charge on any atom is 0.192 e. The van der Waals surface area contributed by atoms with Gasteiger partial charge in [0.05, 0.1) is 11.3 Å². The molecular formula is C29H29NO2. The molecule has 0 saturated heterocycles. The summed E-state index contributed by atoms with van der Waals surface area (Å²) in [5.74, 6) is 0.601. The van der Waals surface area contributed by atoms with Crippen LogP contribution in [0.15, 0.2) is 70.2 Å². The van der Waals surface area contributed by atoms with Crippen molar-refractivity contribution in [1.29, 1.82) is 0 Å². The summed E-state index contributed by atoms with van der Waals surface area (Å²) >= 11 is 0. The highest BCUT2D eigenvalue weighted by atomic mass is 16.1. The number of fused-ring (bicyclic) bond motifs is 3. The second-order valence-electron chi connectivity index (χ2n) is 9.24. The number of rotatable bonds is 4. The monoisotopic (exact) mass is 423 g/mol. The molecule has 1 aromatic heterocycles. The summed E-state index contributed by atoms with van der Waals surface area (Å²) in [5, 5.41) is 0. The first-order valence-corrected chi connectivity index (χ1v) is 11.6. The third-order valence-electron chi connectivity index (χ3n) is 6.96. The van der Waals surface area contributed by atoms with Crippen molar-refractivity contribution >= 4 is 23.1 Å². The van der Waals surface area contributed by atoms with Crippen LogP contribution in [0.25, 0.3) is 16.8 Å². The standard InChI is InChI=1S/C29H29NO2/c1-4-19-7-5-6-8-23(19)29-24(20-9-10-20)13-11-21-12-14-25(18(2)3)30-16-22(17-31)27(32)15-26(30)28(21)29/h5-8,12-13,15-17,20H,4,9-11,14H2,1-3H3. The molecule has 1 aliphatic heterocycles. The fourth-order valence-corrected chi connectivity index (χ4v) is 5.15. The molecule has 0 bridgehead atoms. The van der Waals surface area contributed by atoms with Gasteiger partial charge in [-0.3, -0.25) is 9.59 Å². The molecule has 0 unspecified atom stereocenters. The lowest BCUT2D eigenvalue weighted by Crippen LogP contribution is -2.17. The summed E-state index contributed by atoms with van der Waals surface area (Å²) in [4.78, 5) is 24.5. The Balaban J connectivity index is 1.92. The molecule has 2 aliphatic carbocycles. The first-order valence-electron chi connectivity index (χ1n) is 11.6. The van der Waals surface area contributed by atoms with E-state index in [1.807, 2.05) is 0 Å². The van der Waals surface area contributed by atoms with Crippen LogP contribution in [0.5, 0.6) is 0 Å². The van der Waals surface area contributed by atoms with Crippen molar-refractivity contribution in [3.8, 4) is 0 Å². The van der Waals surface area contributed by atoms with E-state index in [4.69, 9.17) is 0 Å². The van der Waals surface area contributed by atoms with Gasteiger partial charge in [0.2, 0.25) is 0 Å². The maximum atomic E-state index is 12.9. The molecule has 5 rings (SSSR count). The van der Waals surface area contributed by atoms with Crippen LogP contribution >= 0.6 is 0 Å². The quantitative estimate of drug-likeness (QED) is 0.530. The summed E-state index contributed by atoms with van der Waals surface area (Å²) in [5.41, 5.74) is 11.0. The summed E-state index contributed by atoms with van der Waals surface area (Å²) in [6.45, 7) is 6.40. The lowest BCUT2D eigenvalue weighted by molar-refractivity contribution is 0.112. The summed E-state index contributed by atoms with van der Waals surface area (Å²) in [7, 11) is 0. The first kappa shape index (κ1) is 20.7. The average molecular weight is 424 g/mol. The first-order chi connectivity index (χ1) is 15.5. The number of allylic oxidation sites excluding steroid dienone is 8. The van der Waals surface area contributed by atoms with E-state index in [0.29, 0.717) is 12.2 Å². The van der Waals surface area contributed by atoms with Crippen molar-refractivity contribution in [2.45, 2.75) is 52.9 Å². The number of nitrogens with zero attached hydrogens (tertiary/aromatic N) is 1. The van der Waals surface area contributed by atoms with Gasteiger partial charge in [0.1, 0.15) is 0 Å². The zero-order valence-electron chi connectivity index (χ0n) is 19.1. The zero-order chi connectivity index (χ0) is 22.4. The lowest BCUT2D eigenvalue weighted by Gasteiger charge is -2.27. The van der Waals surface area contributed by atoms with Gasteiger partial charge in [0.25, 0.3) is 0 Å². The number of aldehydes is 1. The smallest absolute Gasteiger partial charge is 0.192 e. The van der Waals surface area contributed by atoms with Gasteiger partial charge in [-0.1, -0.05) is 48.9 Å². The summed E-state index contributed by atoms with van der Waals surface area (Å²) < 4.78 is 2.10. The van der Waals surface area contributed by atoms with Crippen LogP contribution in [-0.4, -0.2) is 10.9 Å². The Labute approximate surface area is 189 Å². The average Bonchev–Trinajstić information content (AvgIpc) is 3.65. The molecule has 162 valence electrons. The highest BCUT2D eigenvalue weighted by Gasteiger charge is 2.35. The van der Waals surface area contributed by atoms with Crippen molar-refractivity contribution in [3.05, 3.63) is 98.0 Å². The maximum absolute atomic E-state index is 12.9. The number of aryl methyl sites for hydroxylation is 1. The Bertz CT molecular complexity index is 1300. The van der Waals surface area contributed by atoms with E-state index < -0.39 is 0 Å². The number of carbonyl (C=O) groups excluding carboxylic acids is 1. The molecule has 1 fully saturated rings. The number of benzene rings is 1. The Kier molecular flexibility index (Phi) is 5.21. The number of pyridine rings is 1. The van der Waals surface area contributed by atoms with Crippen molar-refractivity contribution in [1.82, 2.24) is 4.57 Å². The van der Waals surface area contributed by atoms with E-state index in [1.54, 1.807) is 12.3 Å². The molecule has 1 saturated carbocycles. The lowest BCUT2D eigenvalue weighted by atomic mass is 9.78. The zero-order valence-corrected chi connectivity index (χ0v) is 19.1. The van der Waals surface area contributed by atoms with Crippen LogP contribution in [-0.2, 0) is 6.42 Å². The van der Waals surface area contributed by atoms with E-state index >= 15 is 0 Å². The SMILES string of the molecule is CCc1ccccc1C1=C2C(=CCC(=C(C)C)n3cc(C=O)c(=O)cc32)CC=C1C1CC1. The van der Waals surface area contributed by atoms with Crippen molar-refractivity contribution in [3.63, 3.8) is 0 Å². The second kappa shape index (κ2) is 8.05. The molecule has 0 N–H and O–H groups in total. The van der Waals surface area contributed by atoms with Gasteiger partial charge in [-0.25, -0.2) is 0 Å².